The lowest BCUT2D eigenvalue weighted by Gasteiger charge is -2.34. The van der Waals surface area contributed by atoms with E-state index in [1.54, 1.807) is 26.6 Å². The van der Waals surface area contributed by atoms with Crippen LogP contribution in [0.4, 0.5) is 5.95 Å². The number of nitrogens with zero attached hydrogens (tertiary/aromatic N) is 5. The van der Waals surface area contributed by atoms with Gasteiger partial charge >= 0.3 is 0 Å². The van der Waals surface area contributed by atoms with E-state index in [9.17, 15) is 4.79 Å². The topological polar surface area (TPSA) is 95.0 Å². The maximum atomic E-state index is 12.6. The molecule has 0 unspecified atom stereocenters. The van der Waals surface area contributed by atoms with E-state index in [0.717, 1.165) is 44.6 Å². The van der Waals surface area contributed by atoms with Gasteiger partial charge in [0.25, 0.3) is 0 Å². The van der Waals surface area contributed by atoms with Crippen LogP contribution in [0.25, 0.3) is 0 Å². The molecule has 9 heteroatoms. The van der Waals surface area contributed by atoms with Gasteiger partial charge in [0.1, 0.15) is 0 Å². The number of carbonyl (C=O) groups is 1. The first-order valence-corrected chi connectivity index (χ1v) is 11.4. The van der Waals surface area contributed by atoms with Gasteiger partial charge in [0.05, 0.1) is 0 Å². The standard InChI is InChI=1S/C22H37N7O2/c1-23-20(27-18-22(9-17-31-2)7-3-4-8-22)24-12-6-19(30)28-13-15-29(16-14-28)21-25-10-5-11-26-21/h5,10-11H,3-4,6-9,12-18H2,1-2H3,(H2,23,24,27). The molecule has 0 spiro atoms. The molecule has 1 aromatic heterocycles. The second-order valence-corrected chi connectivity index (χ2v) is 8.47. The summed E-state index contributed by atoms with van der Waals surface area (Å²) in [5, 5.41) is 6.78. The summed E-state index contributed by atoms with van der Waals surface area (Å²) < 4.78 is 5.32. The van der Waals surface area contributed by atoms with Crippen molar-refractivity contribution >= 4 is 17.8 Å². The summed E-state index contributed by atoms with van der Waals surface area (Å²) in [6.45, 7) is 5.19. The van der Waals surface area contributed by atoms with Gasteiger partial charge in [-0.25, -0.2) is 9.97 Å². The van der Waals surface area contributed by atoms with E-state index in [-0.39, 0.29) is 5.91 Å². The van der Waals surface area contributed by atoms with Crippen LogP contribution in [0.3, 0.4) is 0 Å². The van der Waals surface area contributed by atoms with E-state index in [2.05, 4.69) is 30.5 Å². The Balaban J connectivity index is 1.36. The van der Waals surface area contributed by atoms with Crippen molar-refractivity contribution in [2.75, 3.05) is 64.9 Å². The van der Waals surface area contributed by atoms with E-state index >= 15 is 0 Å². The van der Waals surface area contributed by atoms with Crippen molar-refractivity contribution in [3.63, 3.8) is 0 Å². The fourth-order valence-corrected chi connectivity index (χ4v) is 4.51. The Hall–Kier alpha value is -2.42. The summed E-state index contributed by atoms with van der Waals surface area (Å²) >= 11 is 0. The largest absolute Gasteiger partial charge is 0.385 e. The summed E-state index contributed by atoms with van der Waals surface area (Å²) in [6.07, 6.45) is 10.1. The number of carbonyl (C=O) groups excluding carboxylic acids is 1. The van der Waals surface area contributed by atoms with Crippen LogP contribution in [-0.4, -0.2) is 86.8 Å². The Morgan fingerprint density at radius 3 is 2.52 bits per heavy atom. The minimum absolute atomic E-state index is 0.170. The van der Waals surface area contributed by atoms with Crippen molar-refractivity contribution in [1.82, 2.24) is 25.5 Å². The predicted octanol–water partition coefficient (Wildman–Crippen LogP) is 1.28. The van der Waals surface area contributed by atoms with Gasteiger partial charge in [0.2, 0.25) is 11.9 Å². The molecular weight excluding hydrogens is 394 g/mol. The Labute approximate surface area is 185 Å². The average molecular weight is 432 g/mol. The molecule has 2 N–H and O–H groups in total. The van der Waals surface area contributed by atoms with Gasteiger partial charge in [-0.3, -0.25) is 9.79 Å². The highest BCUT2D eigenvalue weighted by Crippen LogP contribution is 2.40. The number of hydrogen-bond donors (Lipinski definition) is 2. The van der Waals surface area contributed by atoms with Crippen LogP contribution in [0.1, 0.15) is 38.5 Å². The molecule has 0 atom stereocenters. The molecule has 1 aliphatic heterocycles. The molecule has 2 fully saturated rings. The molecular formula is C22H37N7O2. The van der Waals surface area contributed by atoms with Crippen LogP contribution in [-0.2, 0) is 9.53 Å². The summed E-state index contributed by atoms with van der Waals surface area (Å²) in [5.41, 5.74) is 0.297. The third-order valence-corrected chi connectivity index (χ3v) is 6.45. The van der Waals surface area contributed by atoms with Gasteiger partial charge in [-0.15, -0.1) is 0 Å². The summed E-state index contributed by atoms with van der Waals surface area (Å²) in [5.74, 6) is 1.67. The number of nitrogens with one attached hydrogen (secondary N) is 2. The van der Waals surface area contributed by atoms with E-state index in [1.165, 1.54) is 25.7 Å². The number of rotatable bonds is 9. The maximum Gasteiger partial charge on any atom is 0.225 e. The summed E-state index contributed by atoms with van der Waals surface area (Å²) in [6, 6.07) is 1.81. The minimum Gasteiger partial charge on any atom is -0.385 e. The number of amides is 1. The number of methoxy groups -OCH3 is 1. The zero-order chi connectivity index (χ0) is 21.9. The Kier molecular flexibility index (Phi) is 8.87. The van der Waals surface area contributed by atoms with Crippen molar-refractivity contribution in [2.45, 2.75) is 38.5 Å². The normalized spacial score (nSPS) is 18.8. The highest BCUT2D eigenvalue weighted by atomic mass is 16.5. The molecule has 0 bridgehead atoms. The van der Waals surface area contributed by atoms with Crippen LogP contribution >= 0.6 is 0 Å². The third-order valence-electron chi connectivity index (χ3n) is 6.45. The SMILES string of the molecule is CN=C(NCCC(=O)N1CCN(c2ncccn2)CC1)NCC1(CCOC)CCCC1. The molecule has 172 valence electrons. The van der Waals surface area contributed by atoms with Gasteiger partial charge in [0, 0.05) is 78.8 Å². The molecule has 1 aliphatic carbocycles. The molecule has 1 saturated carbocycles. The van der Waals surface area contributed by atoms with Crippen molar-refractivity contribution in [1.29, 1.82) is 0 Å². The lowest BCUT2D eigenvalue weighted by Crippen LogP contribution is -2.50. The average Bonchev–Trinajstić information content (AvgIpc) is 3.29. The number of aliphatic imine (C=N–C) groups is 1. The van der Waals surface area contributed by atoms with Crippen LogP contribution in [0.2, 0.25) is 0 Å². The molecule has 2 aliphatic rings. The third kappa shape index (κ3) is 6.78. The summed E-state index contributed by atoms with van der Waals surface area (Å²) in [7, 11) is 3.54. The van der Waals surface area contributed by atoms with E-state index in [4.69, 9.17) is 4.74 Å². The number of piperazine rings is 1. The highest BCUT2D eigenvalue weighted by Gasteiger charge is 2.33. The van der Waals surface area contributed by atoms with Crippen LogP contribution < -0.4 is 15.5 Å². The molecule has 3 rings (SSSR count). The zero-order valence-electron chi connectivity index (χ0n) is 19.0. The number of guanidine groups is 1. The first kappa shape index (κ1) is 23.2. The van der Waals surface area contributed by atoms with Crippen LogP contribution in [0.15, 0.2) is 23.5 Å². The maximum absolute atomic E-state index is 12.6. The number of ether oxygens (including phenoxy) is 1. The van der Waals surface area contributed by atoms with Gasteiger partial charge in [-0.05, 0) is 30.7 Å². The number of hydrogen-bond acceptors (Lipinski definition) is 6. The predicted molar refractivity (Wildman–Crippen MR) is 122 cm³/mol. The van der Waals surface area contributed by atoms with Crippen molar-refractivity contribution in [3.05, 3.63) is 18.5 Å². The molecule has 0 aromatic carbocycles. The first-order chi connectivity index (χ1) is 15.2. The fourth-order valence-electron chi connectivity index (χ4n) is 4.51. The van der Waals surface area contributed by atoms with E-state index in [0.29, 0.717) is 31.5 Å². The first-order valence-electron chi connectivity index (χ1n) is 11.4. The second-order valence-electron chi connectivity index (χ2n) is 8.47. The molecule has 1 aromatic rings. The Morgan fingerprint density at radius 1 is 1.16 bits per heavy atom. The van der Waals surface area contributed by atoms with Gasteiger partial charge < -0.3 is 25.2 Å². The van der Waals surface area contributed by atoms with Crippen molar-refractivity contribution in [3.8, 4) is 0 Å². The number of anilines is 1. The Morgan fingerprint density at radius 2 is 1.87 bits per heavy atom. The second kappa shape index (κ2) is 11.8. The fraction of sp³-hybridized carbons (Fsp3) is 0.727. The van der Waals surface area contributed by atoms with E-state index < -0.39 is 0 Å². The zero-order valence-corrected chi connectivity index (χ0v) is 19.0. The lowest BCUT2D eigenvalue weighted by molar-refractivity contribution is -0.131. The Bertz CT molecular complexity index is 699. The van der Waals surface area contributed by atoms with Gasteiger partial charge in [-0.2, -0.15) is 0 Å². The van der Waals surface area contributed by atoms with Crippen LogP contribution in [0, 0.1) is 5.41 Å². The molecule has 31 heavy (non-hydrogen) atoms. The quantitative estimate of drug-likeness (QED) is 0.449. The highest BCUT2D eigenvalue weighted by molar-refractivity contribution is 5.81. The molecule has 1 saturated heterocycles. The molecule has 0 radical (unpaired) electrons. The molecule has 9 nitrogen and oxygen atoms in total. The van der Waals surface area contributed by atoms with Gasteiger partial charge in [-0.1, -0.05) is 12.8 Å². The smallest absolute Gasteiger partial charge is 0.225 e. The van der Waals surface area contributed by atoms with E-state index in [1.807, 2.05) is 11.0 Å². The summed E-state index contributed by atoms with van der Waals surface area (Å²) in [4.78, 5) is 29.6. The lowest BCUT2D eigenvalue weighted by atomic mass is 9.83. The van der Waals surface area contributed by atoms with Crippen molar-refractivity contribution in [2.24, 2.45) is 10.4 Å². The van der Waals surface area contributed by atoms with Crippen molar-refractivity contribution < 1.29 is 9.53 Å². The molecule has 2 heterocycles. The van der Waals surface area contributed by atoms with Gasteiger partial charge in [0.15, 0.2) is 5.96 Å². The minimum atomic E-state index is 0.170. The monoisotopic (exact) mass is 431 g/mol. The molecule has 1 amide bonds. The van der Waals surface area contributed by atoms with Crippen LogP contribution in [0.5, 0.6) is 0 Å². The number of aromatic nitrogens is 2.